The minimum atomic E-state index is -0.251. The van der Waals surface area contributed by atoms with Gasteiger partial charge >= 0.3 is 0 Å². The summed E-state index contributed by atoms with van der Waals surface area (Å²) in [6.07, 6.45) is 5.29. The molecule has 1 heterocycles. The molecule has 0 saturated carbocycles. The molecule has 0 atom stereocenters. The maximum Gasteiger partial charge on any atom is 0.259 e. The number of H-pyrrole nitrogens is 1. The Bertz CT molecular complexity index is 992. The van der Waals surface area contributed by atoms with Crippen LogP contribution >= 0.6 is 0 Å². The van der Waals surface area contributed by atoms with Crippen LogP contribution in [0.25, 0.3) is 22.6 Å². The number of nitrogens with zero attached hydrogens (tertiary/aromatic N) is 2. The number of allylic oxidation sites excluding steroid dienone is 3. The van der Waals surface area contributed by atoms with E-state index >= 15 is 0 Å². The van der Waals surface area contributed by atoms with Crippen molar-refractivity contribution in [1.29, 1.82) is 5.26 Å². The van der Waals surface area contributed by atoms with E-state index in [-0.39, 0.29) is 11.4 Å². The van der Waals surface area contributed by atoms with Gasteiger partial charge in [-0.3, -0.25) is 4.79 Å². The van der Waals surface area contributed by atoms with Gasteiger partial charge in [-0.2, -0.15) is 5.26 Å². The number of fused-ring (bicyclic) bond motifs is 1. The quantitative estimate of drug-likeness (QED) is 0.594. The molecular formula is C19H13N3O. The Balaban J connectivity index is 1.98. The summed E-state index contributed by atoms with van der Waals surface area (Å²) in [5.41, 5.74) is 1.65. The average molecular weight is 299 g/mol. The molecule has 110 valence electrons. The molecule has 0 fully saturated rings. The lowest BCUT2D eigenvalue weighted by Crippen LogP contribution is -2.11. The number of hydrogen-bond acceptors (Lipinski definition) is 3. The lowest BCUT2D eigenvalue weighted by atomic mass is 10.2. The highest BCUT2D eigenvalue weighted by atomic mass is 16.1. The normalized spacial score (nSPS) is 11.7. The molecule has 0 aliphatic rings. The van der Waals surface area contributed by atoms with Crippen molar-refractivity contribution in [3.05, 3.63) is 88.5 Å². The Hall–Kier alpha value is -3.45. The van der Waals surface area contributed by atoms with Crippen LogP contribution in [-0.2, 0) is 0 Å². The Morgan fingerprint density at radius 1 is 1.09 bits per heavy atom. The minimum absolute atomic E-state index is 0.251. The fraction of sp³-hybridized carbons (Fsp3) is 0. The number of benzene rings is 2. The first-order chi connectivity index (χ1) is 11.3. The van der Waals surface area contributed by atoms with Gasteiger partial charge in [-0.25, -0.2) is 4.98 Å². The van der Waals surface area contributed by atoms with Crippen molar-refractivity contribution in [3.63, 3.8) is 0 Å². The third-order valence-electron chi connectivity index (χ3n) is 3.34. The Labute approximate surface area is 133 Å². The molecule has 3 aromatic rings. The van der Waals surface area contributed by atoms with Gasteiger partial charge in [0.25, 0.3) is 5.56 Å². The minimum Gasteiger partial charge on any atom is -0.305 e. The van der Waals surface area contributed by atoms with Crippen LogP contribution in [0.4, 0.5) is 0 Å². The maximum atomic E-state index is 12.1. The number of aromatic nitrogens is 2. The van der Waals surface area contributed by atoms with Crippen LogP contribution < -0.4 is 5.56 Å². The number of para-hydroxylation sites is 1. The largest absolute Gasteiger partial charge is 0.305 e. The summed E-state index contributed by atoms with van der Waals surface area (Å²) < 4.78 is 0. The van der Waals surface area contributed by atoms with E-state index in [0.29, 0.717) is 16.5 Å². The lowest BCUT2D eigenvalue weighted by Gasteiger charge is -2.00. The van der Waals surface area contributed by atoms with Crippen LogP contribution in [0.2, 0.25) is 0 Å². The summed E-state index contributed by atoms with van der Waals surface area (Å²) in [7, 11) is 0. The van der Waals surface area contributed by atoms with E-state index < -0.39 is 0 Å². The first-order valence-electron chi connectivity index (χ1n) is 7.11. The van der Waals surface area contributed by atoms with E-state index in [0.717, 1.165) is 5.56 Å². The zero-order chi connectivity index (χ0) is 16.1. The van der Waals surface area contributed by atoms with E-state index in [2.05, 4.69) is 16.0 Å². The molecular weight excluding hydrogens is 286 g/mol. The summed E-state index contributed by atoms with van der Waals surface area (Å²) >= 11 is 0. The maximum absolute atomic E-state index is 12.1. The summed E-state index contributed by atoms with van der Waals surface area (Å²) in [5.74, 6) is 0.272. The summed E-state index contributed by atoms with van der Waals surface area (Å²) in [6.45, 7) is 0. The second kappa shape index (κ2) is 6.54. The van der Waals surface area contributed by atoms with Crippen LogP contribution in [0.1, 0.15) is 11.4 Å². The molecule has 0 saturated heterocycles. The second-order valence-corrected chi connectivity index (χ2v) is 4.89. The van der Waals surface area contributed by atoms with Crippen LogP contribution in [0.3, 0.4) is 0 Å². The number of rotatable bonds is 3. The summed E-state index contributed by atoms with van der Waals surface area (Å²) in [4.78, 5) is 19.1. The number of hydrogen-bond donors (Lipinski definition) is 1. The predicted octanol–water partition coefficient (Wildman–Crippen LogP) is 3.54. The molecule has 3 rings (SSSR count). The Morgan fingerprint density at radius 3 is 2.61 bits per heavy atom. The number of nitrogens with one attached hydrogen (secondary N) is 1. The first kappa shape index (κ1) is 14.5. The monoisotopic (exact) mass is 299 g/mol. The third-order valence-corrected chi connectivity index (χ3v) is 3.34. The molecule has 0 bridgehead atoms. The fourth-order valence-electron chi connectivity index (χ4n) is 2.20. The highest BCUT2D eigenvalue weighted by Crippen LogP contribution is 2.12. The van der Waals surface area contributed by atoms with Gasteiger partial charge in [0.1, 0.15) is 6.07 Å². The van der Waals surface area contributed by atoms with E-state index in [4.69, 9.17) is 0 Å². The molecule has 4 heteroatoms. The highest BCUT2D eigenvalue weighted by molar-refractivity contribution is 5.81. The van der Waals surface area contributed by atoms with Crippen molar-refractivity contribution in [2.75, 3.05) is 0 Å². The molecule has 0 unspecified atom stereocenters. The second-order valence-electron chi connectivity index (χ2n) is 4.89. The number of aromatic amines is 1. The van der Waals surface area contributed by atoms with Gasteiger partial charge in [-0.05, 0) is 23.8 Å². The summed E-state index contributed by atoms with van der Waals surface area (Å²) in [5, 5.41) is 9.83. The fourth-order valence-corrected chi connectivity index (χ4v) is 2.20. The van der Waals surface area contributed by atoms with Crippen molar-refractivity contribution in [3.8, 4) is 6.07 Å². The molecule has 0 spiro atoms. The molecule has 4 nitrogen and oxygen atoms in total. The van der Waals surface area contributed by atoms with E-state index in [9.17, 15) is 10.1 Å². The SMILES string of the molecule is N#C/C(=C\C=C\c1ccccc1)c1nc2ccccc2c(=O)[nH]1. The topological polar surface area (TPSA) is 69.5 Å². The lowest BCUT2D eigenvalue weighted by molar-refractivity contribution is 1.13. The van der Waals surface area contributed by atoms with Crippen LogP contribution in [0, 0.1) is 11.3 Å². The van der Waals surface area contributed by atoms with Gasteiger partial charge in [0.05, 0.1) is 16.5 Å². The molecule has 1 aromatic heterocycles. The smallest absolute Gasteiger partial charge is 0.259 e. The molecule has 0 aliphatic heterocycles. The average Bonchev–Trinajstić information content (AvgIpc) is 2.59. The standard InChI is InChI=1S/C19H13N3O/c20-13-15(10-6-9-14-7-2-1-3-8-14)18-21-17-12-5-4-11-16(17)19(23)22-18/h1-12H,(H,21,22,23)/b9-6+,15-10+. The third kappa shape index (κ3) is 3.25. The van der Waals surface area contributed by atoms with Crippen molar-refractivity contribution in [1.82, 2.24) is 9.97 Å². The van der Waals surface area contributed by atoms with Crippen molar-refractivity contribution in [2.45, 2.75) is 0 Å². The van der Waals surface area contributed by atoms with Crippen molar-refractivity contribution in [2.24, 2.45) is 0 Å². The van der Waals surface area contributed by atoms with E-state index in [1.54, 1.807) is 30.4 Å². The Kier molecular flexibility index (Phi) is 4.12. The molecule has 1 N–H and O–H groups in total. The zero-order valence-electron chi connectivity index (χ0n) is 12.2. The van der Waals surface area contributed by atoms with E-state index in [1.165, 1.54) is 0 Å². The molecule has 0 aliphatic carbocycles. The van der Waals surface area contributed by atoms with E-state index in [1.807, 2.05) is 42.5 Å². The number of nitriles is 1. The molecule has 0 radical (unpaired) electrons. The van der Waals surface area contributed by atoms with Gasteiger partial charge in [0.15, 0.2) is 5.82 Å². The van der Waals surface area contributed by atoms with Gasteiger partial charge < -0.3 is 4.98 Å². The predicted molar refractivity (Wildman–Crippen MR) is 91.4 cm³/mol. The van der Waals surface area contributed by atoms with Gasteiger partial charge in [0, 0.05) is 0 Å². The van der Waals surface area contributed by atoms with Crippen LogP contribution in [0.15, 0.2) is 71.5 Å². The van der Waals surface area contributed by atoms with Gasteiger partial charge in [0.2, 0.25) is 0 Å². The molecule has 23 heavy (non-hydrogen) atoms. The van der Waals surface area contributed by atoms with Crippen molar-refractivity contribution < 1.29 is 0 Å². The first-order valence-corrected chi connectivity index (χ1v) is 7.11. The van der Waals surface area contributed by atoms with Crippen LogP contribution in [0.5, 0.6) is 0 Å². The van der Waals surface area contributed by atoms with Gasteiger partial charge in [-0.15, -0.1) is 0 Å². The highest BCUT2D eigenvalue weighted by Gasteiger charge is 2.06. The summed E-state index contributed by atoms with van der Waals surface area (Å²) in [6, 6.07) is 18.9. The molecule has 2 aromatic carbocycles. The zero-order valence-corrected chi connectivity index (χ0v) is 12.2. The van der Waals surface area contributed by atoms with Crippen LogP contribution in [-0.4, -0.2) is 9.97 Å². The van der Waals surface area contributed by atoms with Gasteiger partial charge in [-0.1, -0.05) is 54.6 Å². The Morgan fingerprint density at radius 2 is 1.83 bits per heavy atom. The van der Waals surface area contributed by atoms with Crippen molar-refractivity contribution >= 4 is 22.6 Å². The molecule has 0 amide bonds.